The third kappa shape index (κ3) is 5.56. The first-order chi connectivity index (χ1) is 30.0. The second-order valence-corrected chi connectivity index (χ2v) is 17.0. The summed E-state index contributed by atoms with van der Waals surface area (Å²) in [5, 5.41) is 7.47. The van der Waals surface area contributed by atoms with Crippen molar-refractivity contribution < 1.29 is 0 Å². The molecule has 1 aliphatic carbocycles. The summed E-state index contributed by atoms with van der Waals surface area (Å²) in [5.74, 6) is 0. The molecule has 0 radical (unpaired) electrons. The van der Waals surface area contributed by atoms with E-state index in [0.717, 1.165) is 22.7 Å². The van der Waals surface area contributed by atoms with Gasteiger partial charge in [0.2, 0.25) is 0 Å². The highest BCUT2D eigenvalue weighted by Crippen LogP contribution is 2.51. The van der Waals surface area contributed by atoms with Crippen LogP contribution in [-0.4, -0.2) is 4.57 Å². The zero-order valence-corrected chi connectivity index (χ0v) is 34.2. The van der Waals surface area contributed by atoms with Crippen LogP contribution in [0.5, 0.6) is 0 Å². The van der Waals surface area contributed by atoms with Crippen LogP contribution in [0.3, 0.4) is 0 Å². The fraction of sp³-hybridized carbons (Fsp3) is 0.0508. The van der Waals surface area contributed by atoms with E-state index in [1.165, 1.54) is 87.9 Å². The number of anilines is 3. The van der Waals surface area contributed by atoms with Crippen molar-refractivity contribution >= 4 is 60.4 Å². The molecular formula is C59H42N2. The Morgan fingerprint density at radius 1 is 0.377 bits per heavy atom. The predicted molar refractivity (Wildman–Crippen MR) is 259 cm³/mol. The summed E-state index contributed by atoms with van der Waals surface area (Å²) in [6.45, 7) is 4.70. The van der Waals surface area contributed by atoms with E-state index in [0.29, 0.717) is 0 Å². The Morgan fingerprint density at radius 3 is 1.82 bits per heavy atom. The fourth-order valence-electron chi connectivity index (χ4n) is 10.2. The van der Waals surface area contributed by atoms with E-state index >= 15 is 0 Å². The first-order valence-corrected chi connectivity index (χ1v) is 21.3. The van der Waals surface area contributed by atoms with Crippen molar-refractivity contribution in [1.82, 2.24) is 4.57 Å². The minimum absolute atomic E-state index is 0.0864. The number of aromatic nitrogens is 1. The van der Waals surface area contributed by atoms with Gasteiger partial charge in [-0.05, 0) is 133 Å². The molecule has 0 aliphatic heterocycles. The van der Waals surface area contributed by atoms with Crippen LogP contribution in [-0.2, 0) is 5.41 Å². The normalized spacial score (nSPS) is 12.9. The van der Waals surface area contributed by atoms with E-state index in [9.17, 15) is 0 Å². The summed E-state index contributed by atoms with van der Waals surface area (Å²) in [4.78, 5) is 2.39. The molecule has 2 heteroatoms. The molecule has 0 saturated heterocycles. The third-order valence-electron chi connectivity index (χ3n) is 13.1. The van der Waals surface area contributed by atoms with E-state index in [4.69, 9.17) is 0 Å². The van der Waals surface area contributed by atoms with Crippen molar-refractivity contribution in [2.24, 2.45) is 0 Å². The fourth-order valence-corrected chi connectivity index (χ4v) is 10.2. The van der Waals surface area contributed by atoms with Gasteiger partial charge in [-0.1, -0.05) is 159 Å². The maximum Gasteiger partial charge on any atom is 0.0625 e. The average Bonchev–Trinajstić information content (AvgIpc) is 3.78. The highest BCUT2D eigenvalue weighted by atomic mass is 15.1. The molecule has 0 bridgehead atoms. The van der Waals surface area contributed by atoms with Gasteiger partial charge in [0, 0.05) is 44.3 Å². The van der Waals surface area contributed by atoms with Crippen LogP contribution >= 0.6 is 0 Å². The van der Waals surface area contributed by atoms with Gasteiger partial charge < -0.3 is 9.47 Å². The summed E-state index contributed by atoms with van der Waals surface area (Å²) in [7, 11) is 0. The molecule has 0 fully saturated rings. The van der Waals surface area contributed by atoms with Crippen LogP contribution in [0, 0.1) is 0 Å². The predicted octanol–water partition coefficient (Wildman–Crippen LogP) is 16.2. The van der Waals surface area contributed by atoms with Crippen molar-refractivity contribution in [3.05, 3.63) is 230 Å². The van der Waals surface area contributed by atoms with Crippen LogP contribution < -0.4 is 4.90 Å². The van der Waals surface area contributed by atoms with Gasteiger partial charge in [0.1, 0.15) is 0 Å². The maximum atomic E-state index is 2.47. The Hall–Kier alpha value is -7.68. The molecular weight excluding hydrogens is 737 g/mol. The standard InChI is InChI=1S/C59H42N2/c1-59(2)54-24-14-13-23-50(54)51-33-32-48(38-55(51)59)60(45-18-5-3-6-19-45)47-30-27-40(28-31-47)42-29-34-56-53(36-42)57-52(44-26-25-39-15-9-10-16-41(39)35-44)37-43-17-11-12-22-49(43)58(57)61(56)46-20-7-4-8-21-46/h3-38H,1-2H3. The number of hydrogen-bond acceptors (Lipinski definition) is 1. The van der Waals surface area contributed by atoms with Crippen molar-refractivity contribution in [2.45, 2.75) is 19.3 Å². The number of para-hydroxylation sites is 2. The summed E-state index contributed by atoms with van der Waals surface area (Å²) in [5.41, 5.74) is 17.1. The lowest BCUT2D eigenvalue weighted by atomic mass is 9.82. The first kappa shape index (κ1) is 35.3. The van der Waals surface area contributed by atoms with Crippen LogP contribution in [0.15, 0.2) is 218 Å². The largest absolute Gasteiger partial charge is 0.310 e. The molecule has 288 valence electrons. The molecule has 0 N–H and O–H groups in total. The van der Waals surface area contributed by atoms with E-state index in [1.807, 2.05) is 0 Å². The molecule has 2 nitrogen and oxygen atoms in total. The summed E-state index contributed by atoms with van der Waals surface area (Å²) in [6.07, 6.45) is 0. The molecule has 10 aromatic carbocycles. The Kier molecular flexibility index (Phi) is 7.92. The SMILES string of the molecule is CC1(C)c2ccccc2-c2ccc(N(c3ccccc3)c3ccc(-c4ccc5c(c4)c4c(-c6ccc7ccccc7c6)cc6ccccc6c4n5-c4ccccc4)cc3)cc21. The van der Waals surface area contributed by atoms with Crippen molar-refractivity contribution in [3.63, 3.8) is 0 Å². The Morgan fingerprint density at radius 2 is 1.00 bits per heavy atom. The Bertz CT molecular complexity index is 3480. The lowest BCUT2D eigenvalue weighted by molar-refractivity contribution is 0.660. The maximum absolute atomic E-state index is 2.47. The van der Waals surface area contributed by atoms with Gasteiger partial charge in [-0.15, -0.1) is 0 Å². The molecule has 0 amide bonds. The van der Waals surface area contributed by atoms with E-state index in [2.05, 4.69) is 242 Å². The van der Waals surface area contributed by atoms with Gasteiger partial charge in [0.25, 0.3) is 0 Å². The second kappa shape index (κ2) is 13.7. The number of rotatable bonds is 6. The number of benzene rings is 10. The molecule has 11 aromatic rings. The molecule has 0 saturated carbocycles. The molecule has 1 heterocycles. The Labute approximate surface area is 356 Å². The first-order valence-electron chi connectivity index (χ1n) is 21.3. The summed E-state index contributed by atoms with van der Waals surface area (Å²) < 4.78 is 2.47. The van der Waals surface area contributed by atoms with Crippen LogP contribution in [0.1, 0.15) is 25.0 Å². The number of hydrogen-bond donors (Lipinski definition) is 0. The van der Waals surface area contributed by atoms with Crippen molar-refractivity contribution in [1.29, 1.82) is 0 Å². The van der Waals surface area contributed by atoms with Gasteiger partial charge in [-0.25, -0.2) is 0 Å². The zero-order valence-electron chi connectivity index (χ0n) is 34.2. The molecule has 1 aliphatic rings. The van der Waals surface area contributed by atoms with E-state index in [-0.39, 0.29) is 5.41 Å². The monoisotopic (exact) mass is 778 g/mol. The summed E-state index contributed by atoms with van der Waals surface area (Å²) in [6, 6.07) is 80.4. The molecule has 0 unspecified atom stereocenters. The van der Waals surface area contributed by atoms with E-state index < -0.39 is 0 Å². The quantitative estimate of drug-likeness (QED) is 0.163. The molecule has 61 heavy (non-hydrogen) atoms. The van der Waals surface area contributed by atoms with Crippen LogP contribution in [0.4, 0.5) is 17.1 Å². The average molecular weight is 779 g/mol. The highest BCUT2D eigenvalue weighted by molar-refractivity contribution is 6.24. The Balaban J connectivity index is 1.03. The van der Waals surface area contributed by atoms with Crippen molar-refractivity contribution in [2.75, 3.05) is 4.90 Å². The lowest BCUT2D eigenvalue weighted by Gasteiger charge is -2.28. The smallest absolute Gasteiger partial charge is 0.0625 e. The van der Waals surface area contributed by atoms with Gasteiger partial charge in [-0.2, -0.15) is 0 Å². The number of fused-ring (bicyclic) bond motifs is 9. The van der Waals surface area contributed by atoms with Crippen LogP contribution in [0.25, 0.3) is 82.4 Å². The molecule has 0 spiro atoms. The molecule has 0 atom stereocenters. The second-order valence-electron chi connectivity index (χ2n) is 17.0. The van der Waals surface area contributed by atoms with Gasteiger partial charge in [-0.3, -0.25) is 0 Å². The third-order valence-corrected chi connectivity index (χ3v) is 13.1. The minimum atomic E-state index is -0.0864. The lowest BCUT2D eigenvalue weighted by Crippen LogP contribution is -2.16. The van der Waals surface area contributed by atoms with E-state index in [1.54, 1.807) is 0 Å². The highest BCUT2D eigenvalue weighted by Gasteiger charge is 2.35. The van der Waals surface area contributed by atoms with Crippen molar-refractivity contribution in [3.8, 4) is 39.1 Å². The van der Waals surface area contributed by atoms with Crippen LogP contribution in [0.2, 0.25) is 0 Å². The minimum Gasteiger partial charge on any atom is -0.310 e. The van der Waals surface area contributed by atoms with Gasteiger partial charge >= 0.3 is 0 Å². The number of nitrogens with zero attached hydrogens (tertiary/aromatic N) is 2. The molecule has 1 aromatic heterocycles. The van der Waals surface area contributed by atoms with Gasteiger partial charge in [0.15, 0.2) is 0 Å². The zero-order chi connectivity index (χ0) is 40.7. The van der Waals surface area contributed by atoms with Gasteiger partial charge in [0.05, 0.1) is 11.0 Å². The summed E-state index contributed by atoms with van der Waals surface area (Å²) >= 11 is 0. The topological polar surface area (TPSA) is 8.17 Å². The molecule has 12 rings (SSSR count).